The highest BCUT2D eigenvalue weighted by Gasteiger charge is 2.19. The highest BCUT2D eigenvalue weighted by molar-refractivity contribution is 5.99. The predicted octanol–water partition coefficient (Wildman–Crippen LogP) is 3.44. The Balaban J connectivity index is 1.76. The van der Waals surface area contributed by atoms with E-state index in [2.05, 4.69) is 15.5 Å². The second-order valence-electron chi connectivity index (χ2n) is 6.18. The number of H-pyrrole nitrogens is 1. The summed E-state index contributed by atoms with van der Waals surface area (Å²) in [7, 11) is 0. The Hall–Kier alpha value is -2.56. The molecular formula is C18H21N3O2. The summed E-state index contributed by atoms with van der Waals surface area (Å²) in [5, 5.41) is 11.1. The average Bonchev–Trinajstić information content (AvgIpc) is 3.03. The quantitative estimate of drug-likeness (QED) is 0.775. The van der Waals surface area contributed by atoms with E-state index in [9.17, 15) is 4.79 Å². The van der Waals surface area contributed by atoms with E-state index < -0.39 is 0 Å². The molecule has 0 radical (unpaired) electrons. The molecule has 0 saturated heterocycles. The third-order valence-electron chi connectivity index (χ3n) is 3.95. The van der Waals surface area contributed by atoms with Crippen molar-refractivity contribution in [3.63, 3.8) is 0 Å². The third kappa shape index (κ3) is 3.13. The summed E-state index contributed by atoms with van der Waals surface area (Å²) in [6.07, 6.45) is 0.675. The van der Waals surface area contributed by atoms with Gasteiger partial charge in [-0.2, -0.15) is 5.10 Å². The number of hydrogen-bond donors (Lipinski definition) is 2. The van der Waals surface area contributed by atoms with Crippen LogP contribution in [0.15, 0.2) is 28.7 Å². The molecule has 1 atom stereocenters. The Bertz CT molecular complexity index is 860. The van der Waals surface area contributed by atoms with Crippen LogP contribution >= 0.6 is 0 Å². The van der Waals surface area contributed by atoms with Gasteiger partial charge in [0.1, 0.15) is 5.58 Å². The Kier molecular flexibility index (Phi) is 3.94. The van der Waals surface area contributed by atoms with Crippen LogP contribution in [0, 0.1) is 20.8 Å². The number of aromatic amines is 1. The first kappa shape index (κ1) is 15.3. The average molecular weight is 311 g/mol. The number of nitrogens with one attached hydrogen (secondary N) is 2. The van der Waals surface area contributed by atoms with Gasteiger partial charge in [0.05, 0.1) is 5.69 Å². The summed E-state index contributed by atoms with van der Waals surface area (Å²) in [5.74, 6) is 0.201. The second kappa shape index (κ2) is 5.91. The molecule has 0 aliphatic carbocycles. The summed E-state index contributed by atoms with van der Waals surface area (Å²) in [6.45, 7) is 7.87. The van der Waals surface area contributed by atoms with Gasteiger partial charge in [-0.15, -0.1) is 0 Å². The monoisotopic (exact) mass is 311 g/mol. The van der Waals surface area contributed by atoms with Gasteiger partial charge in [0.25, 0.3) is 5.91 Å². The second-order valence-corrected chi connectivity index (χ2v) is 6.18. The summed E-state index contributed by atoms with van der Waals surface area (Å²) in [6, 6.07) is 7.89. The molecule has 1 aromatic carbocycles. The Labute approximate surface area is 135 Å². The Morgan fingerprint density at radius 1 is 1.30 bits per heavy atom. The topological polar surface area (TPSA) is 70.9 Å². The molecule has 1 unspecified atom stereocenters. The molecule has 0 saturated carbocycles. The number of aromatic nitrogens is 2. The van der Waals surface area contributed by atoms with Crippen LogP contribution in [0.5, 0.6) is 0 Å². The number of nitrogens with zero attached hydrogens (tertiary/aromatic N) is 1. The molecule has 2 aromatic heterocycles. The fraction of sp³-hybridized carbons (Fsp3) is 0.333. The van der Waals surface area contributed by atoms with Gasteiger partial charge >= 0.3 is 0 Å². The van der Waals surface area contributed by atoms with Crippen LogP contribution in [0.1, 0.15) is 40.0 Å². The number of carbonyl (C=O) groups is 1. The number of benzene rings is 1. The zero-order valence-corrected chi connectivity index (χ0v) is 13.9. The number of aryl methyl sites for hydroxylation is 3. The first-order valence-corrected chi connectivity index (χ1v) is 7.75. The number of amides is 1. The van der Waals surface area contributed by atoms with Crippen molar-refractivity contribution in [1.82, 2.24) is 15.5 Å². The van der Waals surface area contributed by atoms with E-state index in [0.29, 0.717) is 12.2 Å². The standard InChI is InChI=1S/C18H21N3O2/c1-10-5-6-16-15(7-10)13(4)17(23-16)18(22)19-11(2)8-14-9-12(3)20-21-14/h5-7,9,11H,8H2,1-4H3,(H,19,22)(H,20,21). The molecular weight excluding hydrogens is 290 g/mol. The molecule has 23 heavy (non-hydrogen) atoms. The molecule has 3 rings (SSSR count). The van der Waals surface area contributed by atoms with E-state index in [1.54, 1.807) is 0 Å². The van der Waals surface area contributed by atoms with Crippen molar-refractivity contribution in [1.29, 1.82) is 0 Å². The zero-order valence-electron chi connectivity index (χ0n) is 13.9. The minimum Gasteiger partial charge on any atom is -0.451 e. The first-order valence-electron chi connectivity index (χ1n) is 7.75. The maximum Gasteiger partial charge on any atom is 0.287 e. The third-order valence-corrected chi connectivity index (χ3v) is 3.95. The summed E-state index contributed by atoms with van der Waals surface area (Å²) in [5.41, 5.74) is 4.72. The van der Waals surface area contributed by atoms with Crippen LogP contribution < -0.4 is 5.32 Å². The van der Waals surface area contributed by atoms with Gasteiger partial charge in [0.2, 0.25) is 0 Å². The molecule has 0 spiro atoms. The molecule has 2 heterocycles. The van der Waals surface area contributed by atoms with Gasteiger partial charge in [-0.1, -0.05) is 11.6 Å². The van der Waals surface area contributed by atoms with Gasteiger partial charge in [0, 0.05) is 29.1 Å². The number of carbonyl (C=O) groups excluding carboxylic acids is 1. The van der Waals surface area contributed by atoms with E-state index in [4.69, 9.17) is 4.42 Å². The number of fused-ring (bicyclic) bond motifs is 1. The molecule has 5 heteroatoms. The van der Waals surface area contributed by atoms with Crippen molar-refractivity contribution < 1.29 is 9.21 Å². The van der Waals surface area contributed by atoms with E-state index in [-0.39, 0.29) is 11.9 Å². The van der Waals surface area contributed by atoms with E-state index in [1.165, 1.54) is 0 Å². The van der Waals surface area contributed by atoms with Crippen LogP contribution in [-0.2, 0) is 6.42 Å². The predicted molar refractivity (Wildman–Crippen MR) is 89.6 cm³/mol. The van der Waals surface area contributed by atoms with Crippen LogP contribution in [0.3, 0.4) is 0 Å². The maximum absolute atomic E-state index is 12.5. The molecule has 0 aliphatic rings. The smallest absolute Gasteiger partial charge is 0.287 e. The van der Waals surface area contributed by atoms with E-state index in [1.807, 2.05) is 52.0 Å². The van der Waals surface area contributed by atoms with Crippen molar-refractivity contribution in [2.75, 3.05) is 0 Å². The van der Waals surface area contributed by atoms with Crippen molar-refractivity contribution in [2.45, 2.75) is 40.2 Å². The lowest BCUT2D eigenvalue weighted by Gasteiger charge is -2.11. The molecule has 0 bridgehead atoms. The van der Waals surface area contributed by atoms with E-state index in [0.717, 1.165) is 33.5 Å². The van der Waals surface area contributed by atoms with Crippen molar-refractivity contribution in [3.05, 3.63) is 52.5 Å². The molecule has 5 nitrogen and oxygen atoms in total. The normalized spacial score (nSPS) is 12.5. The van der Waals surface area contributed by atoms with Crippen LogP contribution in [0.4, 0.5) is 0 Å². The van der Waals surface area contributed by atoms with Gasteiger partial charge < -0.3 is 9.73 Å². The van der Waals surface area contributed by atoms with Crippen molar-refractivity contribution in [3.8, 4) is 0 Å². The van der Waals surface area contributed by atoms with Gasteiger partial charge in [-0.3, -0.25) is 9.89 Å². The number of furan rings is 1. The molecule has 120 valence electrons. The lowest BCUT2D eigenvalue weighted by molar-refractivity contribution is 0.0913. The fourth-order valence-electron chi connectivity index (χ4n) is 2.78. The SMILES string of the molecule is Cc1ccc2oc(C(=O)NC(C)Cc3cc(C)[nH]n3)c(C)c2c1. The zero-order chi connectivity index (χ0) is 16.6. The lowest BCUT2D eigenvalue weighted by Crippen LogP contribution is -2.34. The number of hydrogen-bond acceptors (Lipinski definition) is 3. The summed E-state index contributed by atoms with van der Waals surface area (Å²) in [4.78, 5) is 12.5. The molecule has 3 aromatic rings. The lowest BCUT2D eigenvalue weighted by atomic mass is 10.1. The maximum atomic E-state index is 12.5. The Morgan fingerprint density at radius 2 is 2.09 bits per heavy atom. The molecule has 2 N–H and O–H groups in total. The first-order chi connectivity index (χ1) is 10.9. The van der Waals surface area contributed by atoms with Crippen LogP contribution in [-0.4, -0.2) is 22.1 Å². The molecule has 0 fully saturated rings. The van der Waals surface area contributed by atoms with Crippen LogP contribution in [0.2, 0.25) is 0 Å². The largest absolute Gasteiger partial charge is 0.451 e. The minimum absolute atomic E-state index is 0.0282. The highest BCUT2D eigenvalue weighted by atomic mass is 16.3. The molecule has 1 amide bonds. The summed E-state index contributed by atoms with van der Waals surface area (Å²) >= 11 is 0. The van der Waals surface area contributed by atoms with E-state index >= 15 is 0 Å². The fourth-order valence-corrected chi connectivity index (χ4v) is 2.78. The summed E-state index contributed by atoms with van der Waals surface area (Å²) < 4.78 is 5.74. The number of rotatable bonds is 4. The van der Waals surface area contributed by atoms with Gasteiger partial charge in [-0.05, 0) is 45.9 Å². The van der Waals surface area contributed by atoms with Gasteiger partial charge in [-0.25, -0.2) is 0 Å². The van der Waals surface area contributed by atoms with Gasteiger partial charge in [0.15, 0.2) is 5.76 Å². The Morgan fingerprint density at radius 3 is 2.78 bits per heavy atom. The molecule has 0 aliphatic heterocycles. The highest BCUT2D eigenvalue weighted by Crippen LogP contribution is 2.26. The van der Waals surface area contributed by atoms with Crippen molar-refractivity contribution >= 4 is 16.9 Å². The van der Waals surface area contributed by atoms with Crippen molar-refractivity contribution in [2.24, 2.45) is 0 Å². The van der Waals surface area contributed by atoms with Crippen LogP contribution in [0.25, 0.3) is 11.0 Å². The minimum atomic E-state index is -0.184.